The van der Waals surface area contributed by atoms with Gasteiger partial charge in [-0.15, -0.1) is 0 Å². The molecule has 0 aromatic heterocycles. The standard InChI is InChI=1S/C20H28S.5FH/c1-2-3-4-6-9-18-12-14-19(15-13-18)16-17-21-20-10-7-5-8-11-20;;;;;/h5,7-8,10-11,18-19H,2-4,6,9,12-15H2,1H3;5*1H. The summed E-state index contributed by atoms with van der Waals surface area (Å²) in [7, 11) is 0. The molecule has 0 radical (unpaired) electrons. The van der Waals surface area contributed by atoms with E-state index in [4.69, 9.17) is 0 Å². The van der Waals surface area contributed by atoms with E-state index >= 15 is 0 Å². The SMILES string of the molecule is CCCCCCC1CCC(C#CSc2ccccc2)CC1.F.F.F.F.F. The molecule has 1 aliphatic carbocycles. The fourth-order valence-corrected chi connectivity index (χ4v) is 3.75. The second-order valence-electron chi connectivity index (χ2n) is 6.23. The highest BCUT2D eigenvalue weighted by Crippen LogP contribution is 2.32. The lowest BCUT2D eigenvalue weighted by molar-refractivity contribution is 0.294. The zero-order chi connectivity index (χ0) is 14.8. The minimum Gasteiger partial charge on any atom is -0.269 e. The van der Waals surface area contributed by atoms with Gasteiger partial charge in [-0.05, 0) is 60.7 Å². The minimum atomic E-state index is 0. The Kier molecular flexibility index (Phi) is 25.1. The topological polar surface area (TPSA) is 0 Å². The summed E-state index contributed by atoms with van der Waals surface area (Å²) in [5.41, 5.74) is 0. The van der Waals surface area contributed by atoms with Crippen LogP contribution in [0.3, 0.4) is 0 Å². The first-order valence-electron chi connectivity index (χ1n) is 8.61. The molecule has 0 unspecified atom stereocenters. The van der Waals surface area contributed by atoms with Crippen LogP contribution in [0.25, 0.3) is 0 Å². The van der Waals surface area contributed by atoms with Gasteiger partial charge in [-0.1, -0.05) is 63.1 Å². The molecular formula is C20H33F5S. The Bertz CT molecular complexity index is 450. The van der Waals surface area contributed by atoms with E-state index < -0.39 is 0 Å². The Labute approximate surface area is 158 Å². The first-order valence-corrected chi connectivity index (χ1v) is 9.42. The van der Waals surface area contributed by atoms with Gasteiger partial charge in [0.2, 0.25) is 0 Å². The molecule has 6 heteroatoms. The number of thioether (sulfide) groups is 1. The number of rotatable bonds is 6. The summed E-state index contributed by atoms with van der Waals surface area (Å²) in [4.78, 5) is 1.26. The molecule has 154 valence electrons. The first-order chi connectivity index (χ1) is 10.4. The number of benzene rings is 1. The molecule has 0 spiro atoms. The summed E-state index contributed by atoms with van der Waals surface area (Å²) in [5, 5.41) is 3.31. The summed E-state index contributed by atoms with van der Waals surface area (Å²) >= 11 is 1.67. The van der Waals surface area contributed by atoms with Crippen molar-refractivity contribution in [3.05, 3.63) is 30.3 Å². The van der Waals surface area contributed by atoms with E-state index in [-0.39, 0.29) is 23.5 Å². The van der Waals surface area contributed by atoms with Crippen LogP contribution < -0.4 is 0 Å². The molecule has 0 N–H and O–H groups in total. The highest BCUT2D eigenvalue weighted by Gasteiger charge is 2.19. The molecular weight excluding hydrogens is 367 g/mol. The van der Waals surface area contributed by atoms with Crippen molar-refractivity contribution in [2.75, 3.05) is 0 Å². The Morgan fingerprint density at radius 1 is 0.846 bits per heavy atom. The summed E-state index contributed by atoms with van der Waals surface area (Å²) in [6, 6.07) is 10.5. The van der Waals surface area contributed by atoms with Crippen molar-refractivity contribution in [1.82, 2.24) is 0 Å². The number of unbranched alkanes of at least 4 members (excludes halogenated alkanes) is 3. The van der Waals surface area contributed by atoms with Gasteiger partial charge >= 0.3 is 0 Å². The number of halogens is 5. The smallest absolute Gasteiger partial charge is 0.0212 e. The maximum absolute atomic E-state index is 3.48. The third kappa shape index (κ3) is 13.0. The highest BCUT2D eigenvalue weighted by molar-refractivity contribution is 8.03. The molecule has 2 rings (SSSR count). The normalized spacial score (nSPS) is 17.4. The molecule has 0 bridgehead atoms. The van der Waals surface area contributed by atoms with Crippen LogP contribution in [0, 0.1) is 23.0 Å². The fraction of sp³-hybridized carbons (Fsp3) is 0.600. The fourth-order valence-electron chi connectivity index (χ4n) is 3.12. The number of hydrogen-bond acceptors (Lipinski definition) is 1. The predicted octanol–water partition coefficient (Wildman–Crippen LogP) is 7.28. The van der Waals surface area contributed by atoms with E-state index in [1.54, 1.807) is 11.8 Å². The summed E-state index contributed by atoms with van der Waals surface area (Å²) < 4.78 is 0. The van der Waals surface area contributed by atoms with Crippen LogP contribution in [0.5, 0.6) is 0 Å². The van der Waals surface area contributed by atoms with Gasteiger partial charge in [-0.3, -0.25) is 23.5 Å². The van der Waals surface area contributed by atoms with Crippen molar-refractivity contribution in [1.29, 1.82) is 0 Å². The molecule has 1 saturated carbocycles. The van der Waals surface area contributed by atoms with Crippen molar-refractivity contribution in [2.45, 2.75) is 69.6 Å². The molecule has 1 aromatic carbocycles. The van der Waals surface area contributed by atoms with Gasteiger partial charge in [0.25, 0.3) is 0 Å². The Balaban J connectivity index is -0.000000484. The summed E-state index contributed by atoms with van der Waals surface area (Å²) in [5.74, 6) is 5.11. The average molecular weight is 401 g/mol. The lowest BCUT2D eigenvalue weighted by atomic mass is 9.80. The number of hydrogen-bond donors (Lipinski definition) is 0. The largest absolute Gasteiger partial charge is 0.269 e. The van der Waals surface area contributed by atoms with Crippen molar-refractivity contribution < 1.29 is 23.5 Å². The van der Waals surface area contributed by atoms with E-state index in [2.05, 4.69) is 48.4 Å². The Morgan fingerprint density at radius 2 is 1.46 bits per heavy atom. The van der Waals surface area contributed by atoms with Gasteiger partial charge in [0.1, 0.15) is 0 Å². The molecule has 1 fully saturated rings. The van der Waals surface area contributed by atoms with Crippen LogP contribution in [-0.2, 0) is 0 Å². The monoisotopic (exact) mass is 400 g/mol. The van der Waals surface area contributed by atoms with E-state index in [9.17, 15) is 0 Å². The van der Waals surface area contributed by atoms with Gasteiger partial charge in [0, 0.05) is 10.8 Å². The van der Waals surface area contributed by atoms with Crippen molar-refractivity contribution in [2.24, 2.45) is 11.8 Å². The van der Waals surface area contributed by atoms with E-state index in [1.807, 2.05) is 0 Å². The van der Waals surface area contributed by atoms with E-state index in [0.29, 0.717) is 5.92 Å². The van der Waals surface area contributed by atoms with Gasteiger partial charge in [-0.25, -0.2) is 0 Å². The zero-order valence-corrected chi connectivity index (χ0v) is 16.2. The molecule has 0 amide bonds. The quantitative estimate of drug-likeness (QED) is 0.209. The highest BCUT2D eigenvalue weighted by atomic mass is 32.2. The molecule has 0 nitrogen and oxygen atoms in total. The van der Waals surface area contributed by atoms with Crippen LogP contribution in [0.4, 0.5) is 23.5 Å². The van der Waals surface area contributed by atoms with Crippen LogP contribution in [0.2, 0.25) is 0 Å². The second kappa shape index (κ2) is 20.1. The maximum Gasteiger partial charge on any atom is 0.0212 e. The molecule has 26 heavy (non-hydrogen) atoms. The van der Waals surface area contributed by atoms with Crippen LogP contribution in [0.1, 0.15) is 64.7 Å². The van der Waals surface area contributed by atoms with Gasteiger partial charge in [-0.2, -0.15) is 0 Å². The predicted molar refractivity (Wildman–Crippen MR) is 107 cm³/mol. The molecule has 0 aliphatic heterocycles. The van der Waals surface area contributed by atoms with Gasteiger partial charge < -0.3 is 0 Å². The second-order valence-corrected chi connectivity index (χ2v) is 7.11. The molecule has 0 atom stereocenters. The van der Waals surface area contributed by atoms with E-state index in [0.717, 1.165) is 5.92 Å². The minimum absolute atomic E-state index is 0. The lowest BCUT2D eigenvalue weighted by Crippen LogP contribution is -2.13. The van der Waals surface area contributed by atoms with Gasteiger partial charge in [0.05, 0.1) is 0 Å². The van der Waals surface area contributed by atoms with Crippen LogP contribution in [-0.4, -0.2) is 0 Å². The van der Waals surface area contributed by atoms with Crippen LogP contribution in [0.15, 0.2) is 35.2 Å². The summed E-state index contributed by atoms with van der Waals surface area (Å²) in [6.07, 6.45) is 12.5. The van der Waals surface area contributed by atoms with E-state index in [1.165, 1.54) is 62.7 Å². The molecule has 1 aromatic rings. The Hall–Kier alpha value is -1.22. The lowest BCUT2D eigenvalue weighted by Gasteiger charge is -2.25. The van der Waals surface area contributed by atoms with Crippen molar-refractivity contribution >= 4 is 11.8 Å². The average Bonchev–Trinajstić information content (AvgIpc) is 2.54. The third-order valence-electron chi connectivity index (χ3n) is 4.49. The molecule has 1 aliphatic rings. The summed E-state index contributed by atoms with van der Waals surface area (Å²) in [6.45, 7) is 2.29. The molecule has 0 heterocycles. The van der Waals surface area contributed by atoms with Crippen LogP contribution >= 0.6 is 11.8 Å². The van der Waals surface area contributed by atoms with Gasteiger partial charge in [0.15, 0.2) is 0 Å². The molecule has 0 saturated heterocycles. The first kappa shape index (κ1) is 32.5. The maximum atomic E-state index is 3.48. The zero-order valence-electron chi connectivity index (χ0n) is 15.4. The van der Waals surface area contributed by atoms with Crippen molar-refractivity contribution in [3.8, 4) is 11.2 Å². The third-order valence-corrected chi connectivity index (χ3v) is 5.22. The Morgan fingerprint density at radius 3 is 2.04 bits per heavy atom. The van der Waals surface area contributed by atoms with Crippen molar-refractivity contribution in [3.63, 3.8) is 0 Å².